The number of aryl methyl sites for hydroxylation is 1. The lowest BCUT2D eigenvalue weighted by molar-refractivity contribution is -0.137. The highest BCUT2D eigenvalue weighted by Gasteiger charge is 2.17. The Hall–Kier alpha value is -1.42. The van der Waals surface area contributed by atoms with Gasteiger partial charge in [-0.1, -0.05) is 6.07 Å². The van der Waals surface area contributed by atoms with Gasteiger partial charge < -0.3 is 14.7 Å². The molecular formula is C13H18ClNO3. The molecule has 0 aromatic heterocycles. The summed E-state index contributed by atoms with van der Waals surface area (Å²) in [7, 11) is 0. The summed E-state index contributed by atoms with van der Waals surface area (Å²) in [5.41, 5.74) is 2.25. The smallest absolute Gasteiger partial charge is 0.303 e. The van der Waals surface area contributed by atoms with E-state index in [0.717, 1.165) is 24.5 Å². The zero-order valence-corrected chi connectivity index (χ0v) is 11.2. The van der Waals surface area contributed by atoms with E-state index in [-0.39, 0.29) is 18.8 Å². The van der Waals surface area contributed by atoms with Crippen LogP contribution in [0.1, 0.15) is 18.4 Å². The number of halogens is 1. The molecule has 1 aromatic carbocycles. The molecule has 4 nitrogen and oxygen atoms in total. The number of rotatable bonds is 4. The van der Waals surface area contributed by atoms with E-state index in [1.807, 2.05) is 19.1 Å². The van der Waals surface area contributed by atoms with Gasteiger partial charge >= 0.3 is 5.97 Å². The van der Waals surface area contributed by atoms with Gasteiger partial charge in [0, 0.05) is 13.0 Å². The fourth-order valence-corrected chi connectivity index (χ4v) is 2.04. The van der Waals surface area contributed by atoms with Crippen LogP contribution in [0.5, 0.6) is 5.75 Å². The highest BCUT2D eigenvalue weighted by atomic mass is 35.5. The molecule has 0 amide bonds. The van der Waals surface area contributed by atoms with E-state index < -0.39 is 5.97 Å². The van der Waals surface area contributed by atoms with Gasteiger partial charge in [0.25, 0.3) is 0 Å². The second-order valence-electron chi connectivity index (χ2n) is 4.30. The number of aliphatic carboxylic acids is 1. The first-order valence-corrected chi connectivity index (χ1v) is 5.87. The van der Waals surface area contributed by atoms with Crippen molar-refractivity contribution in [3.05, 3.63) is 23.8 Å². The van der Waals surface area contributed by atoms with Crippen molar-refractivity contribution in [2.45, 2.75) is 19.8 Å². The Morgan fingerprint density at radius 1 is 1.50 bits per heavy atom. The minimum absolute atomic E-state index is 0. The molecule has 0 spiro atoms. The minimum Gasteiger partial charge on any atom is -0.490 e. The van der Waals surface area contributed by atoms with Gasteiger partial charge in [-0.15, -0.1) is 12.4 Å². The summed E-state index contributed by atoms with van der Waals surface area (Å²) < 4.78 is 5.60. The first kappa shape index (κ1) is 14.6. The molecule has 18 heavy (non-hydrogen) atoms. The third kappa shape index (κ3) is 3.53. The molecule has 1 aromatic rings. The van der Waals surface area contributed by atoms with E-state index in [1.54, 1.807) is 0 Å². The van der Waals surface area contributed by atoms with Crippen LogP contribution in [0.3, 0.4) is 0 Å². The predicted octanol–water partition coefficient (Wildman–Crippen LogP) is 2.48. The summed E-state index contributed by atoms with van der Waals surface area (Å²) in [5.74, 6) is 0.175. The van der Waals surface area contributed by atoms with Crippen LogP contribution in [0.2, 0.25) is 0 Å². The molecule has 0 bridgehead atoms. The summed E-state index contributed by atoms with van der Waals surface area (Å²) in [5, 5.41) is 8.63. The normalized spacial score (nSPS) is 13.3. The lowest BCUT2D eigenvalue weighted by Gasteiger charge is -2.31. The summed E-state index contributed by atoms with van der Waals surface area (Å²) in [6, 6.07) is 6.13. The van der Waals surface area contributed by atoms with Crippen molar-refractivity contribution in [1.82, 2.24) is 0 Å². The number of hydrogen-bond acceptors (Lipinski definition) is 3. The molecule has 2 rings (SSSR count). The van der Waals surface area contributed by atoms with Gasteiger partial charge in [0.15, 0.2) is 0 Å². The van der Waals surface area contributed by atoms with Crippen LogP contribution in [-0.4, -0.2) is 30.8 Å². The molecule has 1 aliphatic heterocycles. The summed E-state index contributed by atoms with van der Waals surface area (Å²) >= 11 is 0. The second kappa shape index (κ2) is 6.50. The number of benzene rings is 1. The largest absolute Gasteiger partial charge is 0.490 e. The maximum Gasteiger partial charge on any atom is 0.303 e. The Labute approximate surface area is 113 Å². The highest BCUT2D eigenvalue weighted by molar-refractivity contribution is 5.85. The molecule has 0 fully saturated rings. The first-order valence-electron chi connectivity index (χ1n) is 5.87. The fraction of sp³-hybridized carbons (Fsp3) is 0.462. The zero-order valence-electron chi connectivity index (χ0n) is 10.4. The monoisotopic (exact) mass is 271 g/mol. The number of ether oxygens (including phenoxy) is 1. The molecule has 5 heteroatoms. The van der Waals surface area contributed by atoms with Crippen molar-refractivity contribution in [1.29, 1.82) is 0 Å². The van der Waals surface area contributed by atoms with Gasteiger partial charge in [0.1, 0.15) is 12.4 Å². The van der Waals surface area contributed by atoms with E-state index in [1.165, 1.54) is 5.56 Å². The minimum atomic E-state index is -0.734. The Kier molecular flexibility index (Phi) is 5.28. The summed E-state index contributed by atoms with van der Waals surface area (Å²) in [6.07, 6.45) is 0.890. The number of hydrogen-bond donors (Lipinski definition) is 1. The van der Waals surface area contributed by atoms with Crippen molar-refractivity contribution in [3.8, 4) is 5.75 Å². The van der Waals surface area contributed by atoms with E-state index in [9.17, 15) is 4.79 Å². The standard InChI is InChI=1S/C13H17NO3.ClH/c1-10-4-5-11-12(9-10)17-8-7-14(11)6-2-3-13(15)16;/h4-5,9H,2-3,6-8H2,1H3,(H,15,16);1H. The third-order valence-electron chi connectivity index (χ3n) is 2.89. The second-order valence-corrected chi connectivity index (χ2v) is 4.30. The molecular weight excluding hydrogens is 254 g/mol. The van der Waals surface area contributed by atoms with Gasteiger partial charge in [0.2, 0.25) is 0 Å². The maximum atomic E-state index is 10.5. The van der Waals surface area contributed by atoms with Gasteiger partial charge in [-0.3, -0.25) is 4.79 Å². The lowest BCUT2D eigenvalue weighted by Crippen LogP contribution is -2.33. The van der Waals surface area contributed by atoms with Gasteiger partial charge in [-0.05, 0) is 31.0 Å². The van der Waals surface area contributed by atoms with E-state index in [2.05, 4.69) is 11.0 Å². The zero-order chi connectivity index (χ0) is 12.3. The van der Waals surface area contributed by atoms with Crippen LogP contribution in [0.25, 0.3) is 0 Å². The van der Waals surface area contributed by atoms with Crippen LogP contribution >= 0.6 is 12.4 Å². The molecule has 1 aliphatic rings. The number of carboxylic acid groups (broad SMARTS) is 1. The van der Waals surface area contributed by atoms with E-state index in [0.29, 0.717) is 13.0 Å². The molecule has 0 atom stereocenters. The molecule has 0 aliphatic carbocycles. The number of nitrogens with zero attached hydrogens (tertiary/aromatic N) is 1. The Morgan fingerprint density at radius 2 is 2.28 bits per heavy atom. The molecule has 1 heterocycles. The average molecular weight is 272 g/mol. The molecule has 0 saturated heterocycles. The van der Waals surface area contributed by atoms with Crippen LogP contribution in [0.15, 0.2) is 18.2 Å². The van der Waals surface area contributed by atoms with Crippen molar-refractivity contribution in [2.75, 3.05) is 24.6 Å². The van der Waals surface area contributed by atoms with Gasteiger partial charge in [0.05, 0.1) is 12.2 Å². The number of carboxylic acids is 1. The Balaban J connectivity index is 0.00000162. The number of fused-ring (bicyclic) bond motifs is 1. The summed E-state index contributed by atoms with van der Waals surface area (Å²) in [4.78, 5) is 12.7. The molecule has 0 unspecified atom stereocenters. The van der Waals surface area contributed by atoms with Crippen molar-refractivity contribution < 1.29 is 14.6 Å². The summed E-state index contributed by atoms with van der Waals surface area (Å²) in [6.45, 7) is 4.30. The van der Waals surface area contributed by atoms with E-state index in [4.69, 9.17) is 9.84 Å². The van der Waals surface area contributed by atoms with Crippen molar-refractivity contribution in [2.24, 2.45) is 0 Å². The van der Waals surface area contributed by atoms with Crippen molar-refractivity contribution >= 4 is 24.1 Å². The maximum absolute atomic E-state index is 10.5. The van der Waals surface area contributed by atoms with Crippen LogP contribution in [0.4, 0.5) is 5.69 Å². The van der Waals surface area contributed by atoms with E-state index >= 15 is 0 Å². The topological polar surface area (TPSA) is 49.8 Å². The average Bonchev–Trinajstić information content (AvgIpc) is 2.28. The number of carbonyl (C=O) groups is 1. The molecule has 100 valence electrons. The fourth-order valence-electron chi connectivity index (χ4n) is 2.04. The third-order valence-corrected chi connectivity index (χ3v) is 2.89. The van der Waals surface area contributed by atoms with Crippen LogP contribution in [0, 0.1) is 6.92 Å². The van der Waals surface area contributed by atoms with Gasteiger partial charge in [-0.2, -0.15) is 0 Å². The number of anilines is 1. The molecule has 0 saturated carbocycles. The Morgan fingerprint density at radius 3 is 3.00 bits per heavy atom. The lowest BCUT2D eigenvalue weighted by atomic mass is 10.1. The van der Waals surface area contributed by atoms with Crippen LogP contribution in [-0.2, 0) is 4.79 Å². The highest BCUT2D eigenvalue weighted by Crippen LogP contribution is 2.32. The quantitative estimate of drug-likeness (QED) is 0.914. The first-order chi connectivity index (χ1) is 8.16. The van der Waals surface area contributed by atoms with Crippen molar-refractivity contribution in [3.63, 3.8) is 0 Å². The molecule has 0 radical (unpaired) electrons. The molecule has 1 N–H and O–H groups in total. The Bertz CT molecular complexity index is 423. The van der Waals surface area contributed by atoms with Crippen LogP contribution < -0.4 is 9.64 Å². The predicted molar refractivity (Wildman–Crippen MR) is 73.0 cm³/mol. The SMILES string of the molecule is Cc1ccc2c(c1)OCCN2CCCC(=O)O.Cl. The van der Waals surface area contributed by atoms with Gasteiger partial charge in [-0.25, -0.2) is 0 Å².